The van der Waals surface area contributed by atoms with E-state index in [1.165, 1.54) is 4.90 Å². The van der Waals surface area contributed by atoms with Crippen LogP contribution in [-0.4, -0.2) is 60.1 Å². The van der Waals surface area contributed by atoms with Gasteiger partial charge in [0.1, 0.15) is 6.04 Å². The first-order valence-electron chi connectivity index (χ1n) is 8.27. The molecular formula is C15H22F3N3O2. The van der Waals surface area contributed by atoms with Gasteiger partial charge in [0, 0.05) is 26.2 Å². The Hall–Kier alpha value is -1.47. The predicted octanol–water partition coefficient (Wildman–Crippen LogP) is 1.98. The first-order chi connectivity index (χ1) is 10.9. The lowest BCUT2D eigenvalue weighted by molar-refractivity contribution is -0.158. The third-order valence-electron chi connectivity index (χ3n) is 4.97. The fourth-order valence-corrected chi connectivity index (χ4v) is 3.46. The lowest BCUT2D eigenvalue weighted by atomic mass is 10.1. The van der Waals surface area contributed by atoms with Gasteiger partial charge in [-0.25, -0.2) is 4.79 Å². The fourth-order valence-electron chi connectivity index (χ4n) is 3.46. The maximum absolute atomic E-state index is 13.0. The summed E-state index contributed by atoms with van der Waals surface area (Å²) in [6, 6.07) is -2.46. The van der Waals surface area contributed by atoms with Crippen molar-refractivity contribution in [2.45, 2.75) is 44.3 Å². The quantitative estimate of drug-likeness (QED) is 0.859. The van der Waals surface area contributed by atoms with Crippen LogP contribution in [0.15, 0.2) is 0 Å². The highest BCUT2D eigenvalue weighted by molar-refractivity contribution is 5.82. The molecule has 23 heavy (non-hydrogen) atoms. The number of urea groups is 1. The largest absolute Gasteiger partial charge is 0.408 e. The Morgan fingerprint density at radius 1 is 1.00 bits per heavy atom. The number of amides is 3. The van der Waals surface area contributed by atoms with Gasteiger partial charge in [-0.15, -0.1) is 0 Å². The smallest absolute Gasteiger partial charge is 0.342 e. The third kappa shape index (κ3) is 3.72. The van der Waals surface area contributed by atoms with E-state index in [1.807, 2.05) is 0 Å². The van der Waals surface area contributed by atoms with Crippen molar-refractivity contribution in [2.75, 3.05) is 26.2 Å². The van der Waals surface area contributed by atoms with Crippen molar-refractivity contribution in [2.24, 2.45) is 11.8 Å². The van der Waals surface area contributed by atoms with Gasteiger partial charge in [-0.3, -0.25) is 4.79 Å². The second-order valence-electron chi connectivity index (χ2n) is 6.77. The fraction of sp³-hybridized carbons (Fsp3) is 0.867. The van der Waals surface area contributed by atoms with Crippen molar-refractivity contribution >= 4 is 11.9 Å². The average molecular weight is 333 g/mol. The van der Waals surface area contributed by atoms with Crippen LogP contribution in [0.4, 0.5) is 18.0 Å². The zero-order valence-electron chi connectivity index (χ0n) is 12.9. The molecule has 0 aromatic rings. The zero-order valence-corrected chi connectivity index (χ0v) is 12.9. The Bertz CT molecular complexity index is 473. The second kappa shape index (κ2) is 6.20. The molecule has 3 rings (SSSR count). The molecule has 0 radical (unpaired) electrons. The minimum Gasteiger partial charge on any atom is -0.342 e. The molecule has 2 unspecified atom stereocenters. The van der Waals surface area contributed by atoms with Gasteiger partial charge in [0.05, 0.1) is 5.92 Å². The molecule has 2 heterocycles. The summed E-state index contributed by atoms with van der Waals surface area (Å²) in [5.74, 6) is -0.736. The summed E-state index contributed by atoms with van der Waals surface area (Å²) in [4.78, 5) is 27.6. The molecule has 130 valence electrons. The van der Waals surface area contributed by atoms with Crippen LogP contribution in [0, 0.1) is 11.8 Å². The molecule has 0 bridgehead atoms. The highest BCUT2D eigenvalue weighted by Gasteiger charge is 2.50. The molecule has 2 saturated heterocycles. The maximum Gasteiger partial charge on any atom is 0.408 e. The summed E-state index contributed by atoms with van der Waals surface area (Å²) in [5, 5.41) is 2.13. The number of hydrogen-bond donors (Lipinski definition) is 1. The molecule has 8 heteroatoms. The number of nitrogens with one attached hydrogen (secondary N) is 1. The van der Waals surface area contributed by atoms with E-state index in [1.54, 1.807) is 4.90 Å². The Morgan fingerprint density at radius 3 is 2.22 bits per heavy atom. The van der Waals surface area contributed by atoms with Gasteiger partial charge in [-0.2, -0.15) is 13.2 Å². The lowest BCUT2D eigenvalue weighted by Crippen LogP contribution is -2.51. The number of carbonyl (C=O) groups excluding carboxylic acids is 2. The van der Waals surface area contributed by atoms with E-state index in [4.69, 9.17) is 0 Å². The minimum atomic E-state index is -4.42. The van der Waals surface area contributed by atoms with E-state index < -0.39 is 24.2 Å². The SMILES string of the molecule is O=C(NC(C1CC1)C(F)(F)F)N1CCC(C(=O)N2CCCC2)C1. The normalized spacial score (nSPS) is 26.5. The lowest BCUT2D eigenvalue weighted by Gasteiger charge is -2.25. The first-order valence-corrected chi connectivity index (χ1v) is 8.27. The summed E-state index contributed by atoms with van der Waals surface area (Å²) < 4.78 is 38.9. The van der Waals surface area contributed by atoms with Crippen LogP contribution >= 0.6 is 0 Å². The molecule has 3 fully saturated rings. The van der Waals surface area contributed by atoms with E-state index in [9.17, 15) is 22.8 Å². The summed E-state index contributed by atoms with van der Waals surface area (Å²) in [6.07, 6.45) is -0.889. The second-order valence-corrected chi connectivity index (χ2v) is 6.77. The number of hydrogen-bond acceptors (Lipinski definition) is 2. The van der Waals surface area contributed by atoms with Crippen LogP contribution in [0.2, 0.25) is 0 Å². The number of likely N-dealkylation sites (tertiary alicyclic amines) is 2. The van der Waals surface area contributed by atoms with Crippen molar-refractivity contribution in [3.63, 3.8) is 0 Å². The molecule has 3 amide bonds. The van der Waals surface area contributed by atoms with Crippen molar-refractivity contribution in [1.29, 1.82) is 0 Å². The Kier molecular flexibility index (Phi) is 4.42. The topological polar surface area (TPSA) is 52.7 Å². The first kappa shape index (κ1) is 16.4. The molecule has 2 atom stereocenters. The molecule has 3 aliphatic rings. The van der Waals surface area contributed by atoms with Gasteiger partial charge in [0.2, 0.25) is 5.91 Å². The summed E-state index contributed by atoms with van der Waals surface area (Å²) in [7, 11) is 0. The number of halogens is 3. The summed E-state index contributed by atoms with van der Waals surface area (Å²) in [5.41, 5.74) is 0. The molecule has 2 aliphatic heterocycles. The van der Waals surface area contributed by atoms with E-state index in [-0.39, 0.29) is 18.4 Å². The van der Waals surface area contributed by atoms with Gasteiger partial charge >= 0.3 is 12.2 Å². The van der Waals surface area contributed by atoms with E-state index in [2.05, 4.69) is 5.32 Å². The van der Waals surface area contributed by atoms with Crippen molar-refractivity contribution in [1.82, 2.24) is 15.1 Å². The molecule has 1 aliphatic carbocycles. The Balaban J connectivity index is 1.53. The molecule has 0 aromatic heterocycles. The van der Waals surface area contributed by atoms with Crippen molar-refractivity contribution in [3.05, 3.63) is 0 Å². The van der Waals surface area contributed by atoms with Crippen LogP contribution in [-0.2, 0) is 4.79 Å². The molecule has 5 nitrogen and oxygen atoms in total. The third-order valence-corrected chi connectivity index (χ3v) is 4.97. The predicted molar refractivity (Wildman–Crippen MR) is 76.6 cm³/mol. The zero-order chi connectivity index (χ0) is 16.6. The summed E-state index contributed by atoms with van der Waals surface area (Å²) in [6.45, 7) is 2.06. The van der Waals surface area contributed by atoms with Gasteiger partial charge in [-0.1, -0.05) is 0 Å². The Labute approximate surface area is 133 Å². The van der Waals surface area contributed by atoms with Crippen molar-refractivity contribution in [3.8, 4) is 0 Å². The van der Waals surface area contributed by atoms with E-state index in [0.717, 1.165) is 25.9 Å². The number of rotatable bonds is 3. The maximum atomic E-state index is 13.0. The van der Waals surface area contributed by atoms with Gasteiger partial charge < -0.3 is 15.1 Å². The molecule has 0 spiro atoms. The standard InChI is InChI=1S/C15H22F3N3O2/c16-15(17,18)12(10-3-4-10)19-14(23)21-8-5-11(9-21)13(22)20-6-1-2-7-20/h10-12H,1-9H2,(H,19,23). The monoisotopic (exact) mass is 333 g/mol. The summed E-state index contributed by atoms with van der Waals surface area (Å²) >= 11 is 0. The van der Waals surface area contributed by atoms with Crippen LogP contribution in [0.5, 0.6) is 0 Å². The number of alkyl halides is 3. The van der Waals surface area contributed by atoms with Gasteiger partial charge in [-0.05, 0) is 38.0 Å². The number of nitrogens with zero attached hydrogens (tertiary/aromatic N) is 2. The van der Waals surface area contributed by atoms with Crippen LogP contribution in [0.25, 0.3) is 0 Å². The van der Waals surface area contributed by atoms with Crippen LogP contribution in [0.1, 0.15) is 32.1 Å². The molecule has 1 saturated carbocycles. The van der Waals surface area contributed by atoms with Crippen molar-refractivity contribution < 1.29 is 22.8 Å². The van der Waals surface area contributed by atoms with Gasteiger partial charge in [0.25, 0.3) is 0 Å². The molecule has 1 N–H and O–H groups in total. The van der Waals surface area contributed by atoms with Gasteiger partial charge in [0.15, 0.2) is 0 Å². The molecule has 0 aromatic carbocycles. The number of carbonyl (C=O) groups is 2. The highest BCUT2D eigenvalue weighted by Crippen LogP contribution is 2.40. The van der Waals surface area contributed by atoms with E-state index in [0.29, 0.717) is 25.8 Å². The van der Waals surface area contributed by atoms with Crippen LogP contribution < -0.4 is 5.32 Å². The van der Waals surface area contributed by atoms with E-state index >= 15 is 0 Å². The highest BCUT2D eigenvalue weighted by atomic mass is 19.4. The minimum absolute atomic E-state index is 0.0346. The van der Waals surface area contributed by atoms with Crippen LogP contribution in [0.3, 0.4) is 0 Å². The Morgan fingerprint density at radius 2 is 1.65 bits per heavy atom. The average Bonchev–Trinajstić information content (AvgIpc) is 3.00. The molecular weight excluding hydrogens is 311 g/mol.